The Balaban J connectivity index is 1.19. The Bertz CT molecular complexity index is 3170. The highest BCUT2D eigenvalue weighted by atomic mass is 15.1. The highest BCUT2D eigenvalue weighted by molar-refractivity contribution is 6.23. The van der Waals surface area contributed by atoms with E-state index in [1.54, 1.807) is 0 Å². The van der Waals surface area contributed by atoms with Crippen LogP contribution in [0.4, 0.5) is 17.1 Å². The van der Waals surface area contributed by atoms with E-state index < -0.39 is 0 Å². The van der Waals surface area contributed by atoms with Crippen LogP contribution in [-0.2, 0) is 0 Å². The minimum absolute atomic E-state index is 1.10. The van der Waals surface area contributed by atoms with Crippen LogP contribution in [0.25, 0.3) is 76.5 Å². The van der Waals surface area contributed by atoms with Gasteiger partial charge in [-0.2, -0.15) is 0 Å². The molecule has 0 amide bonds. The van der Waals surface area contributed by atoms with Crippen molar-refractivity contribution in [1.29, 1.82) is 0 Å². The first-order valence-electron chi connectivity index (χ1n) is 18.2. The first-order chi connectivity index (χ1) is 26.3. The van der Waals surface area contributed by atoms with E-state index in [9.17, 15) is 0 Å². The topological polar surface area (TPSA) is 13.1 Å². The zero-order valence-electron chi connectivity index (χ0n) is 28.9. The molecule has 0 aliphatic heterocycles. The molecule has 0 saturated carbocycles. The summed E-state index contributed by atoms with van der Waals surface area (Å²) in [5.74, 6) is 0. The molecule has 53 heavy (non-hydrogen) atoms. The molecule has 9 aromatic carbocycles. The van der Waals surface area contributed by atoms with Gasteiger partial charge < -0.3 is 14.0 Å². The van der Waals surface area contributed by atoms with Crippen molar-refractivity contribution in [2.24, 2.45) is 0 Å². The van der Waals surface area contributed by atoms with Gasteiger partial charge in [-0.05, 0) is 89.0 Å². The summed E-state index contributed by atoms with van der Waals surface area (Å²) in [7, 11) is 0. The van der Waals surface area contributed by atoms with Crippen molar-refractivity contribution in [2.45, 2.75) is 0 Å². The monoisotopic (exact) mass is 675 g/mol. The molecule has 0 aliphatic rings. The molecule has 3 heteroatoms. The molecule has 2 heterocycles. The quantitative estimate of drug-likeness (QED) is 0.177. The van der Waals surface area contributed by atoms with Gasteiger partial charge in [0.2, 0.25) is 0 Å². The van der Waals surface area contributed by atoms with Gasteiger partial charge >= 0.3 is 0 Å². The summed E-state index contributed by atoms with van der Waals surface area (Å²) in [6.07, 6.45) is 0. The maximum Gasteiger partial charge on any atom is 0.0619 e. The molecular formula is C50H33N3. The number of nitrogens with zero attached hydrogens (tertiary/aromatic N) is 3. The second-order valence-corrected chi connectivity index (χ2v) is 13.8. The molecular weight excluding hydrogens is 643 g/mol. The second-order valence-electron chi connectivity index (χ2n) is 13.8. The van der Waals surface area contributed by atoms with Crippen LogP contribution in [-0.4, -0.2) is 9.13 Å². The summed E-state index contributed by atoms with van der Waals surface area (Å²) in [5.41, 5.74) is 10.4. The first kappa shape index (κ1) is 29.6. The zero-order valence-corrected chi connectivity index (χ0v) is 28.9. The second kappa shape index (κ2) is 11.7. The number of rotatable bonds is 5. The lowest BCUT2D eigenvalue weighted by Crippen LogP contribution is -2.10. The van der Waals surface area contributed by atoms with Gasteiger partial charge in [0.1, 0.15) is 0 Å². The average Bonchev–Trinajstić information content (AvgIpc) is 3.73. The van der Waals surface area contributed by atoms with E-state index in [-0.39, 0.29) is 0 Å². The maximum atomic E-state index is 2.46. The molecule has 0 aliphatic carbocycles. The van der Waals surface area contributed by atoms with Gasteiger partial charge in [-0.25, -0.2) is 0 Å². The number of para-hydroxylation sites is 3. The van der Waals surface area contributed by atoms with Crippen LogP contribution >= 0.6 is 0 Å². The number of benzene rings is 9. The van der Waals surface area contributed by atoms with E-state index in [4.69, 9.17) is 0 Å². The van der Waals surface area contributed by atoms with Crippen molar-refractivity contribution in [3.8, 4) is 11.4 Å². The van der Waals surface area contributed by atoms with Crippen LogP contribution in [0.3, 0.4) is 0 Å². The number of aromatic nitrogens is 2. The van der Waals surface area contributed by atoms with E-state index in [1.807, 2.05) is 0 Å². The number of fused-ring (bicyclic) bond motifs is 9. The van der Waals surface area contributed by atoms with E-state index in [0.29, 0.717) is 0 Å². The molecule has 0 bridgehead atoms. The predicted octanol–water partition coefficient (Wildman–Crippen LogP) is 13.7. The van der Waals surface area contributed by atoms with Gasteiger partial charge in [0, 0.05) is 55.4 Å². The van der Waals surface area contributed by atoms with Crippen LogP contribution in [0, 0.1) is 0 Å². The Morgan fingerprint density at radius 1 is 0.283 bits per heavy atom. The smallest absolute Gasteiger partial charge is 0.0619 e. The van der Waals surface area contributed by atoms with Gasteiger partial charge in [-0.1, -0.05) is 127 Å². The SMILES string of the molecule is c1ccc(N(c2cccc(-n3c4ccccc4c4cc5c6ccc7ccccc7c6n(-c6ccccc6)c5cc43)c2)c2ccc3ccccc3c2)cc1. The minimum Gasteiger partial charge on any atom is -0.310 e. The molecule has 248 valence electrons. The lowest BCUT2D eigenvalue weighted by atomic mass is 10.0. The third kappa shape index (κ3) is 4.61. The van der Waals surface area contributed by atoms with Crippen molar-refractivity contribution in [1.82, 2.24) is 9.13 Å². The summed E-state index contributed by atoms with van der Waals surface area (Å²) in [4.78, 5) is 2.36. The van der Waals surface area contributed by atoms with Gasteiger partial charge in [0.05, 0.1) is 22.1 Å². The lowest BCUT2D eigenvalue weighted by Gasteiger charge is -2.26. The van der Waals surface area contributed by atoms with Crippen LogP contribution in [0.5, 0.6) is 0 Å². The van der Waals surface area contributed by atoms with Crippen molar-refractivity contribution >= 4 is 82.2 Å². The molecule has 0 atom stereocenters. The summed E-state index contributed by atoms with van der Waals surface area (Å²) in [5, 5.41) is 9.95. The van der Waals surface area contributed by atoms with Crippen molar-refractivity contribution in [3.05, 3.63) is 200 Å². The van der Waals surface area contributed by atoms with Gasteiger partial charge in [0.25, 0.3) is 0 Å². The third-order valence-electron chi connectivity index (χ3n) is 10.8. The van der Waals surface area contributed by atoms with Gasteiger partial charge in [0.15, 0.2) is 0 Å². The molecule has 2 aromatic heterocycles. The lowest BCUT2D eigenvalue weighted by molar-refractivity contribution is 1.16. The number of hydrogen-bond acceptors (Lipinski definition) is 1. The third-order valence-corrected chi connectivity index (χ3v) is 10.8. The Kier molecular flexibility index (Phi) is 6.55. The molecule has 11 aromatic rings. The number of anilines is 3. The Labute approximate surface area is 306 Å². The molecule has 0 N–H and O–H groups in total. The molecule has 0 radical (unpaired) electrons. The maximum absolute atomic E-state index is 2.46. The van der Waals surface area contributed by atoms with E-state index in [1.165, 1.54) is 65.2 Å². The average molecular weight is 676 g/mol. The summed E-state index contributed by atoms with van der Waals surface area (Å²) >= 11 is 0. The minimum atomic E-state index is 1.10. The fraction of sp³-hybridized carbons (Fsp3) is 0. The molecule has 0 saturated heterocycles. The summed E-state index contributed by atoms with van der Waals surface area (Å²) < 4.78 is 4.91. The van der Waals surface area contributed by atoms with Crippen LogP contribution < -0.4 is 4.90 Å². The Morgan fingerprint density at radius 3 is 1.74 bits per heavy atom. The van der Waals surface area contributed by atoms with Crippen LogP contribution in [0.2, 0.25) is 0 Å². The highest BCUT2D eigenvalue weighted by Gasteiger charge is 2.21. The summed E-state index contributed by atoms with van der Waals surface area (Å²) in [6.45, 7) is 0. The Morgan fingerprint density at radius 2 is 0.887 bits per heavy atom. The van der Waals surface area contributed by atoms with Gasteiger partial charge in [-0.3, -0.25) is 0 Å². The van der Waals surface area contributed by atoms with E-state index in [0.717, 1.165) is 28.4 Å². The molecule has 0 unspecified atom stereocenters. The Hall–Kier alpha value is -7.10. The largest absolute Gasteiger partial charge is 0.310 e. The van der Waals surface area contributed by atoms with Crippen molar-refractivity contribution in [2.75, 3.05) is 4.90 Å². The number of hydrogen-bond donors (Lipinski definition) is 0. The van der Waals surface area contributed by atoms with Crippen LogP contribution in [0.1, 0.15) is 0 Å². The first-order valence-corrected chi connectivity index (χ1v) is 18.2. The molecule has 3 nitrogen and oxygen atoms in total. The molecule has 11 rings (SSSR count). The van der Waals surface area contributed by atoms with Crippen LogP contribution in [0.15, 0.2) is 200 Å². The fourth-order valence-corrected chi connectivity index (χ4v) is 8.47. The van der Waals surface area contributed by atoms with Crippen molar-refractivity contribution < 1.29 is 0 Å². The van der Waals surface area contributed by atoms with Gasteiger partial charge in [-0.15, -0.1) is 0 Å². The molecule has 0 spiro atoms. The summed E-state index contributed by atoms with van der Waals surface area (Å²) in [6, 6.07) is 72.7. The normalized spacial score (nSPS) is 11.8. The highest BCUT2D eigenvalue weighted by Crippen LogP contribution is 2.43. The molecule has 0 fully saturated rings. The predicted molar refractivity (Wildman–Crippen MR) is 225 cm³/mol. The standard InChI is InChI=1S/C50H33N3/c1-3-17-37(18-4-1)51(41-28-26-34-14-7-8-16-36(34)30-41)39-21-13-22-40(31-39)52-47-25-12-11-24-43(47)45-32-46-44-29-27-35-15-9-10-23-42(35)50(44)53(49(46)33-48(45)52)38-19-5-2-6-20-38/h1-33H. The zero-order chi connectivity index (χ0) is 34.9. The van der Waals surface area contributed by atoms with E-state index >= 15 is 0 Å². The van der Waals surface area contributed by atoms with E-state index in [2.05, 4.69) is 214 Å². The fourth-order valence-electron chi connectivity index (χ4n) is 8.47. The van der Waals surface area contributed by atoms with Crippen molar-refractivity contribution in [3.63, 3.8) is 0 Å².